The van der Waals surface area contributed by atoms with Crippen molar-refractivity contribution in [2.45, 2.75) is 51.9 Å². The van der Waals surface area contributed by atoms with E-state index in [2.05, 4.69) is 11.6 Å². The number of benzene rings is 1. The molecular formula is C19H31NO6S. The first-order chi connectivity index (χ1) is 12.9. The van der Waals surface area contributed by atoms with Crippen LogP contribution in [0.15, 0.2) is 18.2 Å². The van der Waals surface area contributed by atoms with Crippen molar-refractivity contribution in [1.29, 1.82) is 0 Å². The van der Waals surface area contributed by atoms with Gasteiger partial charge in [0.05, 0.1) is 20.0 Å². The zero-order valence-corrected chi connectivity index (χ0v) is 17.3. The van der Waals surface area contributed by atoms with Crippen LogP contribution in [0.5, 0.6) is 17.2 Å². The highest BCUT2D eigenvalue weighted by Gasteiger charge is 2.11. The summed E-state index contributed by atoms with van der Waals surface area (Å²) in [5.74, 6) is 1.07. The van der Waals surface area contributed by atoms with Gasteiger partial charge < -0.3 is 14.2 Å². The van der Waals surface area contributed by atoms with Gasteiger partial charge in [-0.3, -0.25) is 4.79 Å². The minimum atomic E-state index is -3.18. The molecule has 0 spiro atoms. The highest BCUT2D eigenvalue weighted by atomic mass is 32.2. The van der Waals surface area contributed by atoms with E-state index < -0.39 is 10.0 Å². The van der Waals surface area contributed by atoms with Crippen molar-refractivity contribution in [2.75, 3.05) is 26.5 Å². The van der Waals surface area contributed by atoms with Crippen LogP contribution in [0, 0.1) is 0 Å². The molecule has 0 unspecified atom stereocenters. The van der Waals surface area contributed by atoms with Crippen molar-refractivity contribution in [3.05, 3.63) is 18.2 Å². The van der Waals surface area contributed by atoms with E-state index in [0.29, 0.717) is 43.2 Å². The fourth-order valence-corrected chi connectivity index (χ4v) is 2.90. The summed E-state index contributed by atoms with van der Waals surface area (Å²) in [5.41, 5.74) is 0. The summed E-state index contributed by atoms with van der Waals surface area (Å²) in [7, 11) is -1.69. The lowest BCUT2D eigenvalue weighted by Gasteiger charge is -2.12. The van der Waals surface area contributed by atoms with Gasteiger partial charge >= 0.3 is 5.97 Å². The van der Waals surface area contributed by atoms with Crippen LogP contribution in [0.1, 0.15) is 51.9 Å². The number of hydrogen-bond donors (Lipinski definition) is 1. The minimum Gasteiger partial charge on any atom is -0.493 e. The maximum Gasteiger partial charge on any atom is 0.311 e. The lowest BCUT2D eigenvalue weighted by molar-refractivity contribution is -0.134. The molecule has 0 saturated heterocycles. The molecule has 0 atom stereocenters. The number of nitrogens with one attached hydrogen (secondary N) is 1. The Morgan fingerprint density at radius 2 is 1.81 bits per heavy atom. The fourth-order valence-electron chi connectivity index (χ4n) is 2.39. The molecule has 1 rings (SSSR count). The lowest BCUT2D eigenvalue weighted by Crippen LogP contribution is -2.24. The highest BCUT2D eigenvalue weighted by molar-refractivity contribution is 7.88. The van der Waals surface area contributed by atoms with Gasteiger partial charge in [-0.1, -0.05) is 32.6 Å². The number of esters is 1. The van der Waals surface area contributed by atoms with E-state index in [9.17, 15) is 13.2 Å². The normalized spacial score (nSPS) is 11.2. The van der Waals surface area contributed by atoms with Gasteiger partial charge in [-0.05, 0) is 25.0 Å². The summed E-state index contributed by atoms with van der Waals surface area (Å²) in [6, 6.07) is 4.97. The Morgan fingerprint density at radius 1 is 1.07 bits per heavy atom. The van der Waals surface area contributed by atoms with E-state index in [1.807, 2.05) is 0 Å². The Bertz CT molecular complexity index is 675. The monoisotopic (exact) mass is 401 g/mol. The van der Waals surface area contributed by atoms with Crippen molar-refractivity contribution >= 4 is 16.0 Å². The first kappa shape index (κ1) is 23.2. The molecule has 27 heavy (non-hydrogen) atoms. The predicted octanol–water partition coefficient (Wildman–Crippen LogP) is 3.28. The number of hydrogen-bond acceptors (Lipinski definition) is 6. The van der Waals surface area contributed by atoms with Crippen LogP contribution in [-0.4, -0.2) is 40.9 Å². The van der Waals surface area contributed by atoms with Gasteiger partial charge in [0.2, 0.25) is 10.0 Å². The molecule has 154 valence electrons. The molecule has 0 amide bonds. The van der Waals surface area contributed by atoms with Crippen LogP contribution in [0.3, 0.4) is 0 Å². The van der Waals surface area contributed by atoms with E-state index in [-0.39, 0.29) is 5.97 Å². The molecule has 0 heterocycles. The average Bonchev–Trinajstić information content (AvgIpc) is 2.61. The number of ether oxygens (including phenoxy) is 3. The number of methoxy groups -OCH3 is 1. The highest BCUT2D eigenvalue weighted by Crippen LogP contribution is 2.31. The number of carbonyl (C=O) groups is 1. The number of unbranched alkanes of at least 4 members (excludes halogenated alkanes) is 4. The van der Waals surface area contributed by atoms with Gasteiger partial charge in [0.1, 0.15) is 5.75 Å². The number of carbonyl (C=O) groups excluding carboxylic acids is 1. The SMILES string of the molecule is CCCCCCCC(=O)Oc1ccc(OCCCNS(C)(=O)=O)cc1OC. The van der Waals surface area contributed by atoms with Gasteiger partial charge in [-0.15, -0.1) is 0 Å². The van der Waals surface area contributed by atoms with E-state index in [1.54, 1.807) is 18.2 Å². The Balaban J connectivity index is 2.43. The van der Waals surface area contributed by atoms with Crippen molar-refractivity contribution in [1.82, 2.24) is 4.72 Å². The van der Waals surface area contributed by atoms with Gasteiger partial charge in [-0.25, -0.2) is 13.1 Å². The first-order valence-electron chi connectivity index (χ1n) is 9.32. The lowest BCUT2D eigenvalue weighted by atomic mass is 10.1. The Labute approximate surface area is 162 Å². The van der Waals surface area contributed by atoms with E-state index in [1.165, 1.54) is 20.0 Å². The molecule has 0 radical (unpaired) electrons. The molecule has 0 bridgehead atoms. The van der Waals surface area contributed by atoms with Crippen molar-refractivity contribution < 1.29 is 27.4 Å². The molecule has 7 nitrogen and oxygen atoms in total. The molecule has 8 heteroatoms. The third-order valence-corrected chi connectivity index (χ3v) is 4.53. The van der Waals surface area contributed by atoms with E-state index in [4.69, 9.17) is 14.2 Å². The zero-order chi connectivity index (χ0) is 20.1. The second kappa shape index (κ2) is 12.6. The molecule has 1 aromatic rings. The molecule has 0 aliphatic heterocycles. The van der Waals surface area contributed by atoms with Gasteiger partial charge in [-0.2, -0.15) is 0 Å². The van der Waals surface area contributed by atoms with Crippen molar-refractivity contribution in [2.24, 2.45) is 0 Å². The Hall–Kier alpha value is -1.80. The Morgan fingerprint density at radius 3 is 2.48 bits per heavy atom. The molecule has 0 aromatic heterocycles. The molecule has 0 saturated carbocycles. The summed E-state index contributed by atoms with van der Waals surface area (Å²) in [5, 5.41) is 0. The second-order valence-corrected chi connectivity index (χ2v) is 8.15. The minimum absolute atomic E-state index is 0.273. The average molecular weight is 402 g/mol. The smallest absolute Gasteiger partial charge is 0.311 e. The molecule has 0 aliphatic rings. The molecule has 1 N–H and O–H groups in total. The Kier molecular flexibility index (Phi) is 10.8. The molecule has 1 aromatic carbocycles. The largest absolute Gasteiger partial charge is 0.493 e. The second-order valence-electron chi connectivity index (χ2n) is 6.32. The zero-order valence-electron chi connectivity index (χ0n) is 16.5. The fraction of sp³-hybridized carbons (Fsp3) is 0.632. The number of rotatable bonds is 14. The summed E-state index contributed by atoms with van der Waals surface area (Å²) in [4.78, 5) is 12.0. The van der Waals surface area contributed by atoms with E-state index >= 15 is 0 Å². The number of sulfonamides is 1. The standard InChI is InChI=1S/C19H31NO6S/c1-4-5-6-7-8-10-19(21)26-17-12-11-16(15-18(17)24-2)25-14-9-13-20-27(3,22)23/h11-12,15,20H,4-10,13-14H2,1-3H3. The third kappa shape index (κ3) is 10.8. The molecular weight excluding hydrogens is 370 g/mol. The van der Waals surface area contributed by atoms with Crippen LogP contribution in [-0.2, 0) is 14.8 Å². The quantitative estimate of drug-likeness (QED) is 0.292. The summed E-state index contributed by atoms with van der Waals surface area (Å²) < 4.78 is 40.6. The maximum absolute atomic E-state index is 12.0. The molecule has 0 fully saturated rings. The summed E-state index contributed by atoms with van der Waals surface area (Å²) >= 11 is 0. The first-order valence-corrected chi connectivity index (χ1v) is 11.2. The molecule has 0 aliphatic carbocycles. The van der Waals surface area contributed by atoms with Crippen LogP contribution in [0.4, 0.5) is 0 Å². The summed E-state index contributed by atoms with van der Waals surface area (Å²) in [6.45, 7) is 2.81. The predicted molar refractivity (Wildman–Crippen MR) is 105 cm³/mol. The van der Waals surface area contributed by atoms with E-state index in [0.717, 1.165) is 25.5 Å². The maximum atomic E-state index is 12.0. The van der Waals surface area contributed by atoms with Gasteiger partial charge in [0, 0.05) is 19.0 Å². The topological polar surface area (TPSA) is 90.9 Å². The summed E-state index contributed by atoms with van der Waals surface area (Å²) in [6.07, 6.45) is 7.38. The van der Waals surface area contributed by atoms with Crippen molar-refractivity contribution in [3.63, 3.8) is 0 Å². The van der Waals surface area contributed by atoms with Crippen LogP contribution in [0.2, 0.25) is 0 Å². The van der Waals surface area contributed by atoms with Gasteiger partial charge in [0.25, 0.3) is 0 Å². The van der Waals surface area contributed by atoms with Crippen LogP contribution < -0.4 is 18.9 Å². The van der Waals surface area contributed by atoms with Gasteiger partial charge in [0.15, 0.2) is 11.5 Å². The third-order valence-electron chi connectivity index (χ3n) is 3.80. The van der Waals surface area contributed by atoms with Crippen LogP contribution in [0.25, 0.3) is 0 Å². The van der Waals surface area contributed by atoms with Crippen molar-refractivity contribution in [3.8, 4) is 17.2 Å². The van der Waals surface area contributed by atoms with Crippen LogP contribution >= 0.6 is 0 Å².